The van der Waals surface area contributed by atoms with Crippen LogP contribution in [0.3, 0.4) is 0 Å². The Labute approximate surface area is 165 Å². The van der Waals surface area contributed by atoms with Crippen molar-refractivity contribution in [3.05, 3.63) is 65.7 Å². The summed E-state index contributed by atoms with van der Waals surface area (Å²) in [5.74, 6) is -0.263. The summed E-state index contributed by atoms with van der Waals surface area (Å²) in [5, 5.41) is 2.81. The molecule has 1 aliphatic carbocycles. The van der Waals surface area contributed by atoms with E-state index in [2.05, 4.69) is 10.0 Å². The quantitative estimate of drug-likeness (QED) is 0.633. The highest BCUT2D eigenvalue weighted by atomic mass is 32.2. The fourth-order valence-corrected chi connectivity index (χ4v) is 3.87. The summed E-state index contributed by atoms with van der Waals surface area (Å²) in [4.78, 5) is 12.4. The van der Waals surface area contributed by atoms with Gasteiger partial charge in [-0.15, -0.1) is 0 Å². The van der Waals surface area contributed by atoms with Gasteiger partial charge in [-0.1, -0.05) is 24.3 Å². The zero-order chi connectivity index (χ0) is 20.0. The smallest absolute Gasteiger partial charge is 0.248 e. The molecule has 1 amide bonds. The lowest BCUT2D eigenvalue weighted by Gasteiger charge is -2.06. The molecule has 6 nitrogen and oxygen atoms in total. The molecule has 0 radical (unpaired) electrons. The topological polar surface area (TPSA) is 84.5 Å². The van der Waals surface area contributed by atoms with Crippen molar-refractivity contribution in [3.8, 4) is 0 Å². The lowest BCUT2D eigenvalue weighted by Crippen LogP contribution is -2.25. The average Bonchev–Trinajstić information content (AvgIpc) is 3.49. The minimum atomic E-state index is -3.46. The van der Waals surface area contributed by atoms with Gasteiger partial charge in [0.15, 0.2) is 0 Å². The lowest BCUT2D eigenvalue weighted by molar-refractivity contribution is -0.111. The zero-order valence-electron chi connectivity index (χ0n) is 15.7. The Bertz CT molecular complexity index is 949. The van der Waals surface area contributed by atoms with Crippen molar-refractivity contribution in [1.82, 2.24) is 4.72 Å². The molecule has 0 bridgehead atoms. The predicted molar refractivity (Wildman–Crippen MR) is 109 cm³/mol. The maximum atomic E-state index is 12.2. The predicted octanol–water partition coefficient (Wildman–Crippen LogP) is 3.32. The van der Waals surface area contributed by atoms with E-state index in [0.29, 0.717) is 18.9 Å². The number of sulfonamides is 1. The number of hydrogen-bond acceptors (Lipinski definition) is 4. The Morgan fingerprint density at radius 2 is 1.93 bits per heavy atom. The Hall–Kier alpha value is -2.48. The van der Waals surface area contributed by atoms with Crippen LogP contribution < -0.4 is 10.0 Å². The van der Waals surface area contributed by atoms with Gasteiger partial charge in [0.1, 0.15) is 0 Å². The minimum Gasteiger partial charge on any atom is -0.377 e. The molecule has 2 aromatic rings. The van der Waals surface area contributed by atoms with Gasteiger partial charge in [0.2, 0.25) is 15.9 Å². The van der Waals surface area contributed by atoms with E-state index < -0.39 is 10.0 Å². The molecule has 0 aliphatic heterocycles. The molecule has 1 fully saturated rings. The van der Waals surface area contributed by atoms with Crippen LogP contribution in [-0.2, 0) is 26.2 Å². The highest BCUT2D eigenvalue weighted by Crippen LogP contribution is 2.22. The van der Waals surface area contributed by atoms with Crippen LogP contribution in [0.15, 0.2) is 59.5 Å². The summed E-state index contributed by atoms with van der Waals surface area (Å²) in [7, 11) is -3.46. The largest absolute Gasteiger partial charge is 0.377 e. The third kappa shape index (κ3) is 6.02. The number of anilines is 1. The molecular weight excluding hydrogens is 376 g/mol. The molecule has 7 heteroatoms. The normalized spacial score (nSPS) is 14.3. The molecule has 3 rings (SSSR count). The Kier molecular flexibility index (Phi) is 6.61. The first-order valence-corrected chi connectivity index (χ1v) is 10.7. The van der Waals surface area contributed by atoms with Gasteiger partial charge in [-0.05, 0) is 61.2 Å². The number of carbonyl (C=O) groups is 1. The van der Waals surface area contributed by atoms with E-state index in [4.69, 9.17) is 4.74 Å². The summed E-state index contributed by atoms with van der Waals surface area (Å²) < 4.78 is 32.3. The second-order valence-corrected chi connectivity index (χ2v) is 8.34. The molecule has 0 saturated heterocycles. The molecule has 1 saturated carbocycles. The maximum absolute atomic E-state index is 12.2. The molecule has 0 heterocycles. The highest BCUT2D eigenvalue weighted by molar-refractivity contribution is 7.89. The van der Waals surface area contributed by atoms with E-state index in [1.54, 1.807) is 30.3 Å². The van der Waals surface area contributed by atoms with Gasteiger partial charge in [0.25, 0.3) is 0 Å². The molecule has 0 unspecified atom stereocenters. The van der Waals surface area contributed by atoms with Crippen LogP contribution in [0, 0.1) is 0 Å². The number of benzene rings is 2. The molecule has 1 aliphatic rings. The summed E-state index contributed by atoms with van der Waals surface area (Å²) in [5.41, 5.74) is 2.42. The van der Waals surface area contributed by atoms with Gasteiger partial charge in [-0.3, -0.25) is 4.79 Å². The summed E-state index contributed by atoms with van der Waals surface area (Å²) in [6.45, 7) is 3.07. The van der Waals surface area contributed by atoms with Crippen LogP contribution in [0.2, 0.25) is 0 Å². The average molecular weight is 401 g/mol. The van der Waals surface area contributed by atoms with Gasteiger partial charge >= 0.3 is 0 Å². The van der Waals surface area contributed by atoms with Crippen molar-refractivity contribution < 1.29 is 17.9 Å². The lowest BCUT2D eigenvalue weighted by atomic mass is 10.2. The van der Waals surface area contributed by atoms with Crippen LogP contribution in [-0.4, -0.2) is 27.0 Å². The van der Waals surface area contributed by atoms with Gasteiger partial charge in [0.05, 0.1) is 11.5 Å². The van der Waals surface area contributed by atoms with Gasteiger partial charge in [0, 0.05) is 24.4 Å². The van der Waals surface area contributed by atoms with Crippen LogP contribution in [0.25, 0.3) is 6.08 Å². The third-order valence-corrected chi connectivity index (χ3v) is 5.72. The summed E-state index contributed by atoms with van der Waals surface area (Å²) >= 11 is 0. The Balaban J connectivity index is 1.58. The first-order chi connectivity index (χ1) is 13.5. The molecule has 0 spiro atoms. The number of rotatable bonds is 9. The van der Waals surface area contributed by atoms with Gasteiger partial charge < -0.3 is 10.1 Å². The van der Waals surface area contributed by atoms with Crippen LogP contribution in [0.1, 0.15) is 30.9 Å². The van der Waals surface area contributed by atoms with Crippen LogP contribution in [0.4, 0.5) is 5.69 Å². The number of hydrogen-bond donors (Lipinski definition) is 2. The van der Waals surface area contributed by atoms with Crippen molar-refractivity contribution in [2.75, 3.05) is 11.9 Å². The highest BCUT2D eigenvalue weighted by Gasteiger charge is 2.27. The number of ether oxygens (including phenoxy) is 1. The van der Waals surface area contributed by atoms with Crippen molar-refractivity contribution in [2.24, 2.45) is 0 Å². The zero-order valence-corrected chi connectivity index (χ0v) is 16.5. The first-order valence-electron chi connectivity index (χ1n) is 9.24. The van der Waals surface area contributed by atoms with E-state index in [1.807, 2.05) is 31.2 Å². The van der Waals surface area contributed by atoms with Crippen molar-refractivity contribution >= 4 is 27.7 Å². The van der Waals surface area contributed by atoms with Crippen LogP contribution >= 0.6 is 0 Å². The maximum Gasteiger partial charge on any atom is 0.248 e. The molecule has 0 atom stereocenters. The monoisotopic (exact) mass is 400 g/mol. The third-order valence-electron chi connectivity index (χ3n) is 4.18. The van der Waals surface area contributed by atoms with E-state index in [9.17, 15) is 13.2 Å². The second-order valence-electron chi connectivity index (χ2n) is 6.62. The molecule has 2 aromatic carbocycles. The number of nitrogens with one attached hydrogen (secondary N) is 2. The molecule has 148 valence electrons. The van der Waals surface area contributed by atoms with E-state index in [-0.39, 0.29) is 16.8 Å². The SMILES string of the molecule is CCOCc1cccc(NC(=O)C=Cc2ccc(S(=O)(=O)NC3CC3)cc2)c1. The minimum absolute atomic E-state index is 0.0697. The fourth-order valence-electron chi connectivity index (χ4n) is 2.56. The molecule has 2 N–H and O–H groups in total. The standard InChI is InChI=1S/C21H24N2O4S/c1-2-27-15-17-4-3-5-19(14-17)22-21(24)13-8-16-6-11-20(12-7-16)28(25,26)23-18-9-10-18/h3-8,11-14,18,23H,2,9-10,15H2,1H3,(H,22,24). The Morgan fingerprint density at radius 3 is 2.61 bits per heavy atom. The summed E-state index contributed by atoms with van der Waals surface area (Å²) in [6, 6.07) is 14.0. The van der Waals surface area contributed by atoms with Gasteiger partial charge in [-0.2, -0.15) is 0 Å². The Morgan fingerprint density at radius 1 is 1.18 bits per heavy atom. The van der Waals surface area contributed by atoms with Crippen molar-refractivity contribution in [2.45, 2.75) is 37.3 Å². The molecular formula is C21H24N2O4S. The number of amides is 1. The fraction of sp³-hybridized carbons (Fsp3) is 0.286. The summed E-state index contributed by atoms with van der Waals surface area (Å²) in [6.07, 6.45) is 4.85. The van der Waals surface area contributed by atoms with Crippen molar-refractivity contribution in [1.29, 1.82) is 0 Å². The van der Waals surface area contributed by atoms with Crippen molar-refractivity contribution in [3.63, 3.8) is 0 Å². The second kappa shape index (κ2) is 9.14. The van der Waals surface area contributed by atoms with Gasteiger partial charge in [-0.25, -0.2) is 13.1 Å². The molecule has 0 aromatic heterocycles. The van der Waals surface area contributed by atoms with E-state index in [1.165, 1.54) is 6.08 Å². The van der Waals surface area contributed by atoms with E-state index >= 15 is 0 Å². The number of carbonyl (C=O) groups excluding carboxylic acids is 1. The van der Waals surface area contributed by atoms with Crippen LogP contribution in [0.5, 0.6) is 0 Å². The first kappa shape index (κ1) is 20.3. The van der Waals surface area contributed by atoms with E-state index in [0.717, 1.165) is 24.0 Å². The molecule has 28 heavy (non-hydrogen) atoms.